The highest BCUT2D eigenvalue weighted by Gasteiger charge is 2.43. The summed E-state index contributed by atoms with van der Waals surface area (Å²) >= 11 is 0. The highest BCUT2D eigenvalue weighted by atomic mass is 32.2. The first-order chi connectivity index (χ1) is 7.04. The van der Waals surface area contributed by atoms with Crippen molar-refractivity contribution in [2.75, 3.05) is 0 Å². The zero-order valence-corrected chi connectivity index (χ0v) is 9.63. The average Bonchev–Trinajstić information content (AvgIpc) is 3.04. The Balaban J connectivity index is 2.02. The van der Waals surface area contributed by atoms with Crippen molar-refractivity contribution in [1.29, 1.82) is 5.26 Å². The van der Waals surface area contributed by atoms with Gasteiger partial charge in [-0.25, -0.2) is 13.1 Å². The monoisotopic (exact) mass is 228 g/mol. The highest BCUT2D eigenvalue weighted by molar-refractivity contribution is 7.90. The topological polar surface area (TPSA) is 70.0 Å². The Morgan fingerprint density at radius 2 is 1.73 bits per heavy atom. The fraction of sp³-hybridized carbons (Fsp3) is 0.900. The van der Waals surface area contributed by atoms with Crippen LogP contribution < -0.4 is 4.72 Å². The predicted octanol–water partition coefficient (Wildman–Crippen LogP) is 1.01. The summed E-state index contributed by atoms with van der Waals surface area (Å²) in [6.07, 6.45) is 4.52. The number of hydrogen-bond donors (Lipinski definition) is 1. The summed E-state index contributed by atoms with van der Waals surface area (Å²) < 4.78 is 26.1. The third-order valence-electron chi connectivity index (χ3n) is 3.21. The SMILES string of the molecule is CC(C#N)S(=O)(=O)NC(C1CC1)C1CC1. The lowest BCUT2D eigenvalue weighted by molar-refractivity contribution is 0.470. The van der Waals surface area contributed by atoms with Gasteiger partial charge >= 0.3 is 0 Å². The Bertz CT molecular complexity index is 365. The van der Waals surface area contributed by atoms with Crippen molar-refractivity contribution in [3.8, 4) is 6.07 Å². The number of nitrogens with one attached hydrogen (secondary N) is 1. The van der Waals surface area contributed by atoms with Crippen LogP contribution in [0.25, 0.3) is 0 Å². The van der Waals surface area contributed by atoms with E-state index < -0.39 is 15.3 Å². The molecular formula is C10H16N2O2S. The Kier molecular flexibility index (Phi) is 2.73. The van der Waals surface area contributed by atoms with Crippen LogP contribution in [0.15, 0.2) is 0 Å². The number of nitrogens with zero attached hydrogens (tertiary/aromatic N) is 1. The van der Waals surface area contributed by atoms with Gasteiger partial charge in [0.15, 0.2) is 5.25 Å². The van der Waals surface area contributed by atoms with Gasteiger partial charge in [0.05, 0.1) is 6.07 Å². The first kappa shape index (κ1) is 10.9. The zero-order valence-electron chi connectivity index (χ0n) is 8.81. The quantitative estimate of drug-likeness (QED) is 0.763. The Hall–Kier alpha value is -0.600. The van der Waals surface area contributed by atoms with Crippen molar-refractivity contribution in [2.24, 2.45) is 11.8 Å². The maximum absolute atomic E-state index is 11.7. The number of nitriles is 1. The molecule has 1 atom stereocenters. The molecule has 2 fully saturated rings. The Morgan fingerprint density at radius 3 is 2.07 bits per heavy atom. The van der Waals surface area contributed by atoms with Gasteiger partial charge < -0.3 is 0 Å². The molecule has 0 aliphatic heterocycles. The van der Waals surface area contributed by atoms with Gasteiger partial charge in [0.25, 0.3) is 0 Å². The van der Waals surface area contributed by atoms with E-state index in [0.717, 1.165) is 25.7 Å². The molecule has 0 spiro atoms. The minimum Gasteiger partial charge on any atom is -0.211 e. The lowest BCUT2D eigenvalue weighted by Crippen LogP contribution is -2.42. The van der Waals surface area contributed by atoms with E-state index in [1.54, 1.807) is 6.07 Å². The van der Waals surface area contributed by atoms with Crippen molar-refractivity contribution in [2.45, 2.75) is 43.9 Å². The van der Waals surface area contributed by atoms with Crippen molar-refractivity contribution in [3.05, 3.63) is 0 Å². The molecule has 0 bridgehead atoms. The minimum absolute atomic E-state index is 0.103. The van der Waals surface area contributed by atoms with E-state index in [4.69, 9.17) is 5.26 Å². The van der Waals surface area contributed by atoms with E-state index in [1.807, 2.05) is 0 Å². The molecule has 5 heteroatoms. The molecule has 2 aliphatic carbocycles. The van der Waals surface area contributed by atoms with Gasteiger partial charge in [-0.1, -0.05) is 0 Å². The summed E-state index contributed by atoms with van der Waals surface area (Å²) in [6, 6.07) is 1.88. The molecule has 0 saturated heterocycles. The van der Waals surface area contributed by atoms with Gasteiger partial charge in [0.2, 0.25) is 10.0 Å². The van der Waals surface area contributed by atoms with Gasteiger partial charge in [-0.2, -0.15) is 5.26 Å². The molecule has 1 N–H and O–H groups in total. The second-order valence-corrected chi connectivity index (χ2v) is 6.67. The Labute approximate surface area is 90.7 Å². The second kappa shape index (κ2) is 3.76. The van der Waals surface area contributed by atoms with Crippen molar-refractivity contribution in [1.82, 2.24) is 4.72 Å². The number of sulfonamides is 1. The summed E-state index contributed by atoms with van der Waals surface area (Å²) in [5.41, 5.74) is 0. The summed E-state index contributed by atoms with van der Waals surface area (Å²) in [6.45, 7) is 1.43. The van der Waals surface area contributed by atoms with E-state index in [9.17, 15) is 8.42 Å². The molecule has 0 radical (unpaired) electrons. The van der Waals surface area contributed by atoms with Crippen LogP contribution in [0.3, 0.4) is 0 Å². The first-order valence-electron chi connectivity index (χ1n) is 5.45. The molecule has 2 aliphatic rings. The molecule has 0 aromatic heterocycles. The molecule has 84 valence electrons. The molecule has 0 aromatic carbocycles. The molecule has 2 saturated carbocycles. The predicted molar refractivity (Wildman–Crippen MR) is 56.4 cm³/mol. The zero-order chi connectivity index (χ0) is 11.1. The second-order valence-electron chi connectivity index (χ2n) is 4.63. The summed E-state index contributed by atoms with van der Waals surface area (Å²) in [5.74, 6) is 1.05. The summed E-state index contributed by atoms with van der Waals surface area (Å²) in [4.78, 5) is 0. The molecule has 0 amide bonds. The van der Waals surface area contributed by atoms with Crippen LogP contribution in [0.1, 0.15) is 32.6 Å². The van der Waals surface area contributed by atoms with Crippen LogP contribution in [0, 0.1) is 23.2 Å². The fourth-order valence-electron chi connectivity index (χ4n) is 1.85. The normalized spacial score (nSPS) is 23.8. The molecule has 0 aromatic rings. The maximum atomic E-state index is 11.7. The molecule has 0 heterocycles. The molecule has 4 nitrogen and oxygen atoms in total. The van der Waals surface area contributed by atoms with E-state index in [0.29, 0.717) is 11.8 Å². The van der Waals surface area contributed by atoms with Gasteiger partial charge in [-0.15, -0.1) is 0 Å². The lowest BCUT2D eigenvalue weighted by atomic mass is 10.1. The molecular weight excluding hydrogens is 212 g/mol. The van der Waals surface area contributed by atoms with Crippen molar-refractivity contribution < 1.29 is 8.42 Å². The minimum atomic E-state index is -3.43. The van der Waals surface area contributed by atoms with Gasteiger partial charge in [-0.05, 0) is 44.4 Å². The fourth-order valence-corrected chi connectivity index (χ4v) is 2.96. The smallest absolute Gasteiger partial charge is 0.211 e. The van der Waals surface area contributed by atoms with Crippen LogP contribution in [-0.4, -0.2) is 19.7 Å². The average molecular weight is 228 g/mol. The standard InChI is InChI=1S/C10H16N2O2S/c1-7(6-11)15(13,14)12-10(8-2-3-8)9-4-5-9/h7-10,12H,2-5H2,1H3. The summed E-state index contributed by atoms with van der Waals surface area (Å²) in [7, 11) is -3.43. The van der Waals surface area contributed by atoms with Crippen LogP contribution in [-0.2, 0) is 10.0 Å². The van der Waals surface area contributed by atoms with Crippen molar-refractivity contribution >= 4 is 10.0 Å². The third-order valence-corrected chi connectivity index (χ3v) is 4.84. The van der Waals surface area contributed by atoms with Crippen LogP contribution in [0.5, 0.6) is 0 Å². The van der Waals surface area contributed by atoms with E-state index >= 15 is 0 Å². The maximum Gasteiger partial charge on any atom is 0.227 e. The van der Waals surface area contributed by atoms with Crippen LogP contribution in [0.2, 0.25) is 0 Å². The molecule has 1 unspecified atom stereocenters. The van der Waals surface area contributed by atoms with Gasteiger partial charge in [0.1, 0.15) is 0 Å². The number of hydrogen-bond acceptors (Lipinski definition) is 3. The first-order valence-corrected chi connectivity index (χ1v) is 7.00. The molecule has 15 heavy (non-hydrogen) atoms. The van der Waals surface area contributed by atoms with Crippen LogP contribution in [0.4, 0.5) is 0 Å². The van der Waals surface area contributed by atoms with Crippen LogP contribution >= 0.6 is 0 Å². The van der Waals surface area contributed by atoms with Gasteiger partial charge in [-0.3, -0.25) is 0 Å². The largest absolute Gasteiger partial charge is 0.227 e. The Morgan fingerprint density at radius 1 is 1.27 bits per heavy atom. The molecule has 2 rings (SSSR count). The third kappa shape index (κ3) is 2.50. The summed E-state index contributed by atoms with van der Waals surface area (Å²) in [5, 5.41) is 7.68. The van der Waals surface area contributed by atoms with Crippen molar-refractivity contribution in [3.63, 3.8) is 0 Å². The van der Waals surface area contributed by atoms with E-state index in [-0.39, 0.29) is 6.04 Å². The van der Waals surface area contributed by atoms with Gasteiger partial charge in [0, 0.05) is 6.04 Å². The van der Waals surface area contributed by atoms with E-state index in [1.165, 1.54) is 6.92 Å². The highest BCUT2D eigenvalue weighted by Crippen LogP contribution is 2.44. The number of rotatable bonds is 5. The lowest BCUT2D eigenvalue weighted by Gasteiger charge is -2.18. The van der Waals surface area contributed by atoms with E-state index in [2.05, 4.69) is 4.72 Å².